The molecule has 2 nitrogen and oxygen atoms in total. The van der Waals surface area contributed by atoms with Crippen LogP contribution in [0, 0.1) is 18.8 Å². The standard InChI is InChI=1S/C12H21O2/c1-5-10-7-11(13)8(3)9(4)12(10)14-6-2/h7-9,11-13H,1,5-6H2,2-4H3/q-1. The largest absolute Gasteiger partial charge is 0.389 e. The zero-order valence-corrected chi connectivity index (χ0v) is 9.36. The van der Waals surface area contributed by atoms with Gasteiger partial charge in [-0.3, -0.25) is 0 Å². The van der Waals surface area contributed by atoms with E-state index < -0.39 is 0 Å². The normalized spacial score (nSPS) is 38.2. The first-order valence-electron chi connectivity index (χ1n) is 5.41. The molecule has 0 saturated heterocycles. The molecule has 1 rings (SSSR count). The maximum Gasteiger partial charge on any atom is 0.0789 e. The lowest BCUT2D eigenvalue weighted by molar-refractivity contribution is -0.00507. The highest BCUT2D eigenvalue weighted by Crippen LogP contribution is 2.33. The second-order valence-corrected chi connectivity index (χ2v) is 4.08. The molecule has 1 N–H and O–H groups in total. The van der Waals surface area contributed by atoms with Crippen LogP contribution in [-0.4, -0.2) is 23.9 Å². The number of hydrogen-bond donors (Lipinski definition) is 1. The smallest absolute Gasteiger partial charge is 0.0789 e. The summed E-state index contributed by atoms with van der Waals surface area (Å²) >= 11 is 0. The van der Waals surface area contributed by atoms with Gasteiger partial charge in [0.25, 0.3) is 0 Å². The van der Waals surface area contributed by atoms with E-state index in [1.807, 2.05) is 13.0 Å². The van der Waals surface area contributed by atoms with Crippen molar-refractivity contribution in [3.05, 3.63) is 18.6 Å². The van der Waals surface area contributed by atoms with Crippen molar-refractivity contribution in [2.24, 2.45) is 11.8 Å². The van der Waals surface area contributed by atoms with Crippen LogP contribution in [0.15, 0.2) is 11.6 Å². The van der Waals surface area contributed by atoms with Gasteiger partial charge in [0.2, 0.25) is 0 Å². The first-order valence-corrected chi connectivity index (χ1v) is 5.41. The van der Waals surface area contributed by atoms with Gasteiger partial charge in [-0.25, -0.2) is 0 Å². The minimum absolute atomic E-state index is 0.149. The van der Waals surface area contributed by atoms with Gasteiger partial charge in [-0.15, -0.1) is 0 Å². The van der Waals surface area contributed by atoms with Crippen molar-refractivity contribution >= 4 is 0 Å². The van der Waals surface area contributed by atoms with Crippen LogP contribution >= 0.6 is 0 Å². The highest BCUT2D eigenvalue weighted by Gasteiger charge is 2.32. The number of rotatable bonds is 3. The third kappa shape index (κ3) is 2.18. The molecule has 14 heavy (non-hydrogen) atoms. The Bertz CT molecular complexity index is 210. The molecule has 2 heteroatoms. The van der Waals surface area contributed by atoms with Gasteiger partial charge in [-0.1, -0.05) is 25.5 Å². The summed E-state index contributed by atoms with van der Waals surface area (Å²) in [7, 11) is 0. The molecular weight excluding hydrogens is 176 g/mol. The van der Waals surface area contributed by atoms with Crippen LogP contribution in [0.25, 0.3) is 0 Å². The molecular formula is C12H21O2-. The summed E-state index contributed by atoms with van der Waals surface area (Å²) in [6.07, 6.45) is 2.45. The predicted octanol–water partition coefficient (Wildman–Crippen LogP) is 2.19. The van der Waals surface area contributed by atoms with E-state index >= 15 is 0 Å². The summed E-state index contributed by atoms with van der Waals surface area (Å²) in [5.41, 5.74) is 1.14. The first-order chi connectivity index (χ1) is 6.61. The molecule has 0 amide bonds. The Morgan fingerprint density at radius 1 is 1.43 bits per heavy atom. The van der Waals surface area contributed by atoms with E-state index in [2.05, 4.69) is 20.8 Å². The lowest BCUT2D eigenvalue weighted by Gasteiger charge is -2.38. The van der Waals surface area contributed by atoms with Gasteiger partial charge >= 0.3 is 0 Å². The maximum atomic E-state index is 9.78. The Labute approximate surface area is 87.0 Å². The molecule has 0 aliphatic heterocycles. The molecule has 0 bridgehead atoms. The topological polar surface area (TPSA) is 29.5 Å². The number of aliphatic hydroxyl groups is 1. The Morgan fingerprint density at radius 2 is 2.07 bits per heavy atom. The fraction of sp³-hybridized carbons (Fsp3) is 0.750. The van der Waals surface area contributed by atoms with Crippen molar-refractivity contribution in [1.82, 2.24) is 0 Å². The second-order valence-electron chi connectivity index (χ2n) is 4.08. The fourth-order valence-corrected chi connectivity index (χ4v) is 2.05. The summed E-state index contributed by atoms with van der Waals surface area (Å²) in [4.78, 5) is 0. The van der Waals surface area contributed by atoms with Gasteiger partial charge in [0, 0.05) is 6.61 Å². The summed E-state index contributed by atoms with van der Waals surface area (Å²) in [6.45, 7) is 10.8. The first kappa shape index (κ1) is 11.7. The van der Waals surface area contributed by atoms with Crippen LogP contribution in [0.2, 0.25) is 0 Å². The molecule has 0 aromatic heterocycles. The highest BCUT2D eigenvalue weighted by molar-refractivity contribution is 5.18. The number of ether oxygens (including phenoxy) is 1. The second kappa shape index (κ2) is 4.94. The van der Waals surface area contributed by atoms with E-state index in [0.29, 0.717) is 5.92 Å². The van der Waals surface area contributed by atoms with Crippen LogP contribution < -0.4 is 0 Å². The lowest BCUT2D eigenvalue weighted by atomic mass is 9.77. The van der Waals surface area contributed by atoms with E-state index in [-0.39, 0.29) is 18.1 Å². The minimum Gasteiger partial charge on any atom is -0.389 e. The fourth-order valence-electron chi connectivity index (χ4n) is 2.05. The molecule has 82 valence electrons. The van der Waals surface area contributed by atoms with Crippen molar-refractivity contribution in [3.8, 4) is 0 Å². The molecule has 0 aromatic carbocycles. The molecule has 4 atom stereocenters. The summed E-state index contributed by atoms with van der Waals surface area (Å²) in [5, 5.41) is 9.78. The van der Waals surface area contributed by atoms with Gasteiger partial charge in [0.05, 0.1) is 12.2 Å². The quantitative estimate of drug-likeness (QED) is 0.555. The number of hydrogen-bond acceptors (Lipinski definition) is 2. The van der Waals surface area contributed by atoms with Gasteiger partial charge in [-0.2, -0.15) is 6.42 Å². The zero-order valence-electron chi connectivity index (χ0n) is 9.36. The monoisotopic (exact) mass is 197 g/mol. The molecule has 0 aromatic rings. The molecule has 4 unspecified atom stereocenters. The van der Waals surface area contributed by atoms with E-state index in [4.69, 9.17) is 4.74 Å². The minimum atomic E-state index is -0.335. The Balaban J connectivity index is 2.83. The van der Waals surface area contributed by atoms with E-state index in [1.165, 1.54) is 0 Å². The molecule has 1 aliphatic rings. The molecule has 0 spiro atoms. The molecule has 0 heterocycles. The lowest BCUT2D eigenvalue weighted by Crippen LogP contribution is -2.38. The maximum absolute atomic E-state index is 9.78. The van der Waals surface area contributed by atoms with E-state index in [0.717, 1.165) is 18.6 Å². The Morgan fingerprint density at radius 3 is 2.57 bits per heavy atom. The van der Waals surface area contributed by atoms with Gasteiger partial charge in [0.1, 0.15) is 0 Å². The van der Waals surface area contributed by atoms with Crippen molar-refractivity contribution in [2.45, 2.75) is 39.4 Å². The Kier molecular flexibility index (Phi) is 4.14. The van der Waals surface area contributed by atoms with Crippen LogP contribution in [0.5, 0.6) is 0 Å². The summed E-state index contributed by atoms with van der Waals surface area (Å²) in [6, 6.07) is 0. The van der Waals surface area contributed by atoms with Gasteiger partial charge < -0.3 is 16.8 Å². The molecule has 1 aliphatic carbocycles. The molecule has 0 radical (unpaired) electrons. The zero-order chi connectivity index (χ0) is 10.7. The van der Waals surface area contributed by atoms with Gasteiger partial charge in [0.15, 0.2) is 0 Å². The average molecular weight is 197 g/mol. The molecule has 0 saturated carbocycles. The summed E-state index contributed by atoms with van der Waals surface area (Å²) < 4.78 is 5.70. The summed E-state index contributed by atoms with van der Waals surface area (Å²) in [5.74, 6) is 0.633. The van der Waals surface area contributed by atoms with Crippen LogP contribution in [0.4, 0.5) is 0 Å². The van der Waals surface area contributed by atoms with E-state index in [1.54, 1.807) is 0 Å². The highest BCUT2D eigenvalue weighted by atomic mass is 16.5. The van der Waals surface area contributed by atoms with Crippen molar-refractivity contribution in [3.63, 3.8) is 0 Å². The van der Waals surface area contributed by atoms with Crippen LogP contribution in [0.3, 0.4) is 0 Å². The van der Waals surface area contributed by atoms with E-state index in [9.17, 15) is 5.11 Å². The van der Waals surface area contributed by atoms with Crippen LogP contribution in [0.1, 0.15) is 27.2 Å². The number of aliphatic hydroxyl groups excluding tert-OH is 1. The van der Waals surface area contributed by atoms with Crippen molar-refractivity contribution in [1.29, 1.82) is 0 Å². The third-order valence-electron chi connectivity index (χ3n) is 3.23. The SMILES string of the molecule is [CH2-]CC1=CC(O)C(C)C(C)C1OCC. The van der Waals surface area contributed by atoms with Crippen LogP contribution in [-0.2, 0) is 4.74 Å². The predicted molar refractivity (Wildman–Crippen MR) is 57.8 cm³/mol. The van der Waals surface area contributed by atoms with Crippen molar-refractivity contribution in [2.75, 3.05) is 6.61 Å². The van der Waals surface area contributed by atoms with Gasteiger partial charge in [-0.05, 0) is 18.8 Å². The average Bonchev–Trinajstić information content (AvgIpc) is 2.19. The third-order valence-corrected chi connectivity index (χ3v) is 3.23. The van der Waals surface area contributed by atoms with Crippen molar-refractivity contribution < 1.29 is 9.84 Å². The molecule has 0 fully saturated rings. The Hall–Kier alpha value is -0.340.